The fourth-order valence-electron chi connectivity index (χ4n) is 6.71. The van der Waals surface area contributed by atoms with E-state index in [1.807, 2.05) is 0 Å². The van der Waals surface area contributed by atoms with Gasteiger partial charge in [0, 0.05) is 0 Å². The molecule has 2 aliphatic carbocycles. The quantitative estimate of drug-likeness (QED) is 0.233. The van der Waals surface area contributed by atoms with E-state index in [9.17, 15) is 0 Å². The van der Waals surface area contributed by atoms with Crippen LogP contribution in [0.15, 0.2) is 121 Å². The Morgan fingerprint density at radius 3 is 1.76 bits per heavy atom. The van der Waals surface area contributed by atoms with Crippen LogP contribution in [0.5, 0.6) is 0 Å². The van der Waals surface area contributed by atoms with Gasteiger partial charge in [0.2, 0.25) is 0 Å². The van der Waals surface area contributed by atoms with Gasteiger partial charge >= 0.3 is 0 Å². The van der Waals surface area contributed by atoms with Gasteiger partial charge in [0.05, 0.1) is 5.41 Å². The minimum Gasteiger partial charge on any atom is -0.0619 e. The second-order valence-electron chi connectivity index (χ2n) is 9.26. The second-order valence-corrected chi connectivity index (χ2v) is 9.26. The first-order valence-electron chi connectivity index (χ1n) is 11.6. The third-order valence-corrected chi connectivity index (χ3v) is 7.86. The highest BCUT2D eigenvalue weighted by Crippen LogP contribution is 2.62. The van der Waals surface area contributed by atoms with Crippen molar-refractivity contribution in [3.05, 3.63) is 144 Å². The topological polar surface area (TPSA) is 0 Å². The van der Waals surface area contributed by atoms with Gasteiger partial charge in [-0.05, 0) is 66.1 Å². The summed E-state index contributed by atoms with van der Waals surface area (Å²) in [5.41, 5.74) is 10.7. The first-order chi connectivity index (χ1) is 16.4. The molecule has 0 saturated carbocycles. The maximum absolute atomic E-state index is 2.37. The Balaban J connectivity index is 1.71. The van der Waals surface area contributed by atoms with Gasteiger partial charge in [-0.3, -0.25) is 0 Å². The van der Waals surface area contributed by atoms with E-state index in [0.717, 1.165) is 0 Å². The Bertz CT molecular complexity index is 1770. The maximum Gasteiger partial charge on any atom is 0.0731 e. The van der Waals surface area contributed by atoms with Gasteiger partial charge in [0.15, 0.2) is 0 Å². The average Bonchev–Trinajstić information content (AvgIpc) is 3.19. The predicted octanol–water partition coefficient (Wildman–Crippen LogP) is 8.34. The summed E-state index contributed by atoms with van der Waals surface area (Å²) < 4.78 is 0. The summed E-state index contributed by atoms with van der Waals surface area (Å²) in [6.07, 6.45) is 0. The molecule has 0 fully saturated rings. The summed E-state index contributed by atoms with van der Waals surface area (Å²) in [6.45, 7) is 0. The Hall–Kier alpha value is -4.16. The molecular formula is C33H20. The van der Waals surface area contributed by atoms with Crippen molar-refractivity contribution in [2.75, 3.05) is 0 Å². The number of rotatable bonds is 0. The number of fused-ring (bicyclic) bond motifs is 11. The summed E-state index contributed by atoms with van der Waals surface area (Å²) in [5, 5.41) is 5.34. The van der Waals surface area contributed by atoms with E-state index < -0.39 is 0 Å². The first-order valence-corrected chi connectivity index (χ1v) is 11.6. The van der Waals surface area contributed by atoms with Crippen LogP contribution in [0.1, 0.15) is 22.3 Å². The molecule has 33 heavy (non-hydrogen) atoms. The Morgan fingerprint density at radius 1 is 0.364 bits per heavy atom. The number of hydrogen-bond acceptors (Lipinski definition) is 0. The maximum atomic E-state index is 2.37. The van der Waals surface area contributed by atoms with Crippen molar-refractivity contribution in [1.29, 1.82) is 0 Å². The van der Waals surface area contributed by atoms with Crippen molar-refractivity contribution in [2.24, 2.45) is 0 Å². The van der Waals surface area contributed by atoms with Crippen LogP contribution in [0, 0.1) is 0 Å². The summed E-state index contributed by atoms with van der Waals surface area (Å²) >= 11 is 0. The zero-order chi connectivity index (χ0) is 21.6. The van der Waals surface area contributed by atoms with E-state index in [1.54, 1.807) is 0 Å². The standard InChI is InChI=1S/C33H20/c1-2-12-23-21(9-1)19-20-27-25-14-4-6-17-29(25)33(32(23)27)28-16-5-3-13-24(28)26-15-7-10-22-11-8-18-30(33)31(22)26/h1-20H. The van der Waals surface area contributed by atoms with Crippen LogP contribution in [-0.2, 0) is 5.41 Å². The molecule has 0 aliphatic heterocycles. The van der Waals surface area contributed by atoms with Crippen LogP contribution in [0.4, 0.5) is 0 Å². The second kappa shape index (κ2) is 5.99. The molecule has 8 rings (SSSR count). The number of hydrogen-bond donors (Lipinski definition) is 0. The molecule has 0 heterocycles. The molecule has 0 nitrogen and oxygen atoms in total. The van der Waals surface area contributed by atoms with Crippen LogP contribution in [-0.4, -0.2) is 0 Å². The molecule has 152 valence electrons. The molecule has 0 heteroatoms. The lowest BCUT2D eigenvalue weighted by molar-refractivity contribution is 0.780. The number of benzene rings is 6. The fraction of sp³-hybridized carbons (Fsp3) is 0.0303. The molecule has 0 N–H and O–H groups in total. The minimum absolute atomic E-state index is 0.336. The predicted molar refractivity (Wildman–Crippen MR) is 138 cm³/mol. The Labute approximate surface area is 192 Å². The van der Waals surface area contributed by atoms with Gasteiger partial charge in [0.25, 0.3) is 0 Å². The van der Waals surface area contributed by atoms with Crippen molar-refractivity contribution in [3.8, 4) is 22.3 Å². The van der Waals surface area contributed by atoms with Crippen molar-refractivity contribution in [3.63, 3.8) is 0 Å². The Kier molecular flexibility index (Phi) is 3.16. The van der Waals surface area contributed by atoms with Gasteiger partial charge in [-0.1, -0.05) is 121 Å². The van der Waals surface area contributed by atoms with Crippen LogP contribution < -0.4 is 0 Å². The van der Waals surface area contributed by atoms with Gasteiger partial charge in [-0.25, -0.2) is 0 Å². The zero-order valence-electron chi connectivity index (χ0n) is 18.0. The van der Waals surface area contributed by atoms with Crippen molar-refractivity contribution in [2.45, 2.75) is 5.41 Å². The van der Waals surface area contributed by atoms with Crippen molar-refractivity contribution >= 4 is 21.5 Å². The highest BCUT2D eigenvalue weighted by molar-refractivity contribution is 6.09. The SMILES string of the molecule is c1ccc2c(c1)-c1ccc3ccccc3c1C21c2ccccc2-c2cccc3cccc1c23. The molecule has 0 saturated heterocycles. The Morgan fingerprint density at radius 2 is 0.939 bits per heavy atom. The molecule has 0 amide bonds. The van der Waals surface area contributed by atoms with Gasteiger partial charge < -0.3 is 0 Å². The summed E-state index contributed by atoms with van der Waals surface area (Å²) in [7, 11) is 0. The smallest absolute Gasteiger partial charge is 0.0619 e. The molecule has 6 aromatic rings. The lowest BCUT2D eigenvalue weighted by Gasteiger charge is -2.40. The highest BCUT2D eigenvalue weighted by atomic mass is 14.5. The summed E-state index contributed by atoms with van der Waals surface area (Å²) in [5.74, 6) is 0. The molecular weight excluding hydrogens is 396 g/mol. The van der Waals surface area contributed by atoms with Gasteiger partial charge in [-0.2, -0.15) is 0 Å². The largest absolute Gasteiger partial charge is 0.0731 e. The van der Waals surface area contributed by atoms with Crippen LogP contribution in [0.2, 0.25) is 0 Å². The minimum atomic E-state index is -0.336. The van der Waals surface area contributed by atoms with E-state index in [4.69, 9.17) is 0 Å². The third kappa shape index (κ3) is 1.94. The normalized spacial score (nSPS) is 17.2. The van der Waals surface area contributed by atoms with Gasteiger partial charge in [0.1, 0.15) is 0 Å². The zero-order valence-corrected chi connectivity index (χ0v) is 18.0. The molecule has 0 bridgehead atoms. The summed E-state index contributed by atoms with van der Waals surface area (Å²) in [6, 6.07) is 45.2. The molecule has 1 spiro atoms. The summed E-state index contributed by atoms with van der Waals surface area (Å²) in [4.78, 5) is 0. The van der Waals surface area contributed by atoms with E-state index >= 15 is 0 Å². The van der Waals surface area contributed by atoms with E-state index in [0.29, 0.717) is 0 Å². The van der Waals surface area contributed by atoms with Crippen LogP contribution in [0.3, 0.4) is 0 Å². The van der Waals surface area contributed by atoms with Crippen molar-refractivity contribution in [1.82, 2.24) is 0 Å². The average molecular weight is 417 g/mol. The van der Waals surface area contributed by atoms with E-state index in [-0.39, 0.29) is 5.41 Å². The van der Waals surface area contributed by atoms with Crippen LogP contribution in [0.25, 0.3) is 43.8 Å². The molecule has 1 unspecified atom stereocenters. The first kappa shape index (κ1) is 17.4. The molecule has 1 atom stereocenters. The lowest BCUT2D eigenvalue weighted by Crippen LogP contribution is -2.32. The monoisotopic (exact) mass is 416 g/mol. The third-order valence-electron chi connectivity index (χ3n) is 7.86. The van der Waals surface area contributed by atoms with Crippen molar-refractivity contribution < 1.29 is 0 Å². The van der Waals surface area contributed by atoms with E-state index in [1.165, 1.54) is 66.1 Å². The fourth-order valence-corrected chi connectivity index (χ4v) is 6.71. The highest BCUT2D eigenvalue weighted by Gasteiger charge is 2.50. The van der Waals surface area contributed by atoms with Gasteiger partial charge in [-0.15, -0.1) is 0 Å². The van der Waals surface area contributed by atoms with E-state index in [2.05, 4.69) is 121 Å². The molecule has 0 aromatic heterocycles. The van der Waals surface area contributed by atoms with Crippen LogP contribution >= 0.6 is 0 Å². The molecule has 6 aromatic carbocycles. The molecule has 0 radical (unpaired) electrons. The molecule has 2 aliphatic rings. The lowest BCUT2D eigenvalue weighted by atomic mass is 9.61.